The molecular weight excluding hydrogens is 324 g/mol. The Kier molecular flexibility index (Phi) is 3.57. The van der Waals surface area contributed by atoms with Crippen LogP contribution in [-0.4, -0.2) is 21.3 Å². The largest absolute Gasteiger partial charge is 0.361 e. The van der Waals surface area contributed by atoms with Crippen LogP contribution in [0.2, 0.25) is 0 Å². The second kappa shape index (κ2) is 5.76. The number of hydrogen-bond acceptors (Lipinski definition) is 5. The zero-order chi connectivity index (χ0) is 16.7. The number of amides is 1. The van der Waals surface area contributed by atoms with Crippen molar-refractivity contribution in [3.63, 3.8) is 0 Å². The maximum Gasteiger partial charge on any atom is 0.258 e. The molecule has 7 heteroatoms. The molecule has 3 aromatic rings. The fourth-order valence-electron chi connectivity index (χ4n) is 3.03. The van der Waals surface area contributed by atoms with Crippen molar-refractivity contribution >= 4 is 33.6 Å². The van der Waals surface area contributed by atoms with Crippen molar-refractivity contribution in [3.05, 3.63) is 58.0 Å². The molecule has 3 heterocycles. The molecule has 2 aromatic heterocycles. The second-order valence-electron chi connectivity index (χ2n) is 5.89. The van der Waals surface area contributed by atoms with Crippen LogP contribution in [0.15, 0.2) is 46.7 Å². The maximum atomic E-state index is 12.2. The summed E-state index contributed by atoms with van der Waals surface area (Å²) in [6.07, 6.45) is 2.13. The van der Waals surface area contributed by atoms with Crippen LogP contribution in [0.4, 0.5) is 11.4 Å². The quantitative estimate of drug-likeness (QED) is 0.778. The van der Waals surface area contributed by atoms with Gasteiger partial charge in [0, 0.05) is 30.1 Å². The Bertz CT molecular complexity index is 978. The van der Waals surface area contributed by atoms with Gasteiger partial charge in [-0.2, -0.15) is 0 Å². The number of rotatable bonds is 2. The molecule has 24 heavy (non-hydrogen) atoms. The molecule has 6 nitrogen and oxygen atoms in total. The van der Waals surface area contributed by atoms with Gasteiger partial charge in [0.05, 0.1) is 23.6 Å². The van der Waals surface area contributed by atoms with Crippen LogP contribution < -0.4 is 15.8 Å². The molecule has 1 atom stereocenters. The molecular formula is C17H16N4O2S. The van der Waals surface area contributed by atoms with E-state index in [0.29, 0.717) is 23.6 Å². The molecule has 0 fully saturated rings. The van der Waals surface area contributed by atoms with E-state index < -0.39 is 0 Å². The lowest BCUT2D eigenvalue weighted by Crippen LogP contribution is -2.33. The predicted molar refractivity (Wildman–Crippen MR) is 94.7 cm³/mol. The normalized spacial score (nSPS) is 17.5. The summed E-state index contributed by atoms with van der Waals surface area (Å²) in [7, 11) is 0. The van der Waals surface area contributed by atoms with Gasteiger partial charge in [0.1, 0.15) is 0 Å². The highest BCUT2D eigenvalue weighted by atomic mass is 32.1. The highest BCUT2D eigenvalue weighted by molar-refractivity contribution is 7.15. The topological polar surface area (TPSA) is 66.7 Å². The summed E-state index contributed by atoms with van der Waals surface area (Å²) >= 11 is 1.44. The Morgan fingerprint density at radius 1 is 1.33 bits per heavy atom. The number of benzene rings is 1. The van der Waals surface area contributed by atoms with Crippen LogP contribution >= 0.6 is 11.3 Å². The SMILES string of the molecule is C[C@H]1CC(=O)Nc2ccccc2N1Cc1cc(=O)n2ccsc2n1. The summed E-state index contributed by atoms with van der Waals surface area (Å²) in [6.45, 7) is 2.50. The van der Waals surface area contributed by atoms with Gasteiger partial charge in [-0.1, -0.05) is 12.1 Å². The molecule has 0 saturated carbocycles. The van der Waals surface area contributed by atoms with E-state index in [9.17, 15) is 9.59 Å². The molecule has 0 saturated heterocycles. The Morgan fingerprint density at radius 3 is 3.04 bits per heavy atom. The highest BCUT2D eigenvalue weighted by Gasteiger charge is 2.25. The minimum atomic E-state index is -0.0822. The summed E-state index contributed by atoms with van der Waals surface area (Å²) in [5.41, 5.74) is 2.37. The van der Waals surface area contributed by atoms with Crippen molar-refractivity contribution in [2.75, 3.05) is 10.2 Å². The van der Waals surface area contributed by atoms with Crippen LogP contribution in [-0.2, 0) is 11.3 Å². The van der Waals surface area contributed by atoms with Crippen molar-refractivity contribution in [1.82, 2.24) is 9.38 Å². The Hall–Kier alpha value is -2.67. The number of nitrogens with one attached hydrogen (secondary N) is 1. The number of carbonyl (C=O) groups is 1. The van der Waals surface area contributed by atoms with Crippen LogP contribution in [0.25, 0.3) is 4.96 Å². The zero-order valence-corrected chi connectivity index (χ0v) is 13.9. The fourth-order valence-corrected chi connectivity index (χ4v) is 3.77. The van der Waals surface area contributed by atoms with E-state index in [1.54, 1.807) is 16.7 Å². The molecule has 1 aliphatic heterocycles. The van der Waals surface area contributed by atoms with Crippen molar-refractivity contribution in [2.24, 2.45) is 0 Å². The number of nitrogens with zero attached hydrogens (tertiary/aromatic N) is 3. The first kappa shape index (κ1) is 14.9. The zero-order valence-electron chi connectivity index (χ0n) is 13.1. The van der Waals surface area contributed by atoms with Crippen molar-refractivity contribution in [1.29, 1.82) is 0 Å². The van der Waals surface area contributed by atoms with Gasteiger partial charge in [-0.25, -0.2) is 4.98 Å². The van der Waals surface area contributed by atoms with Crippen LogP contribution in [0.3, 0.4) is 0 Å². The van der Waals surface area contributed by atoms with E-state index in [4.69, 9.17) is 0 Å². The number of anilines is 2. The number of carbonyl (C=O) groups excluding carboxylic acids is 1. The Labute approximate surface area is 142 Å². The molecule has 0 spiro atoms. The van der Waals surface area contributed by atoms with Gasteiger partial charge in [0.15, 0.2) is 4.96 Å². The monoisotopic (exact) mass is 340 g/mol. The third-order valence-electron chi connectivity index (χ3n) is 4.19. The maximum absolute atomic E-state index is 12.2. The lowest BCUT2D eigenvalue weighted by molar-refractivity contribution is -0.116. The van der Waals surface area contributed by atoms with Gasteiger partial charge < -0.3 is 10.2 Å². The number of aromatic nitrogens is 2. The summed E-state index contributed by atoms with van der Waals surface area (Å²) in [4.78, 5) is 31.6. The summed E-state index contributed by atoms with van der Waals surface area (Å²) in [5.74, 6) is -0.000752. The molecule has 0 unspecified atom stereocenters. The first-order valence-corrected chi connectivity index (χ1v) is 8.61. The lowest BCUT2D eigenvalue weighted by Gasteiger charge is -2.29. The standard InChI is InChI=1S/C17H16N4O2S/c1-11-8-15(22)19-13-4-2-3-5-14(13)21(11)10-12-9-16(23)20-6-7-24-17(20)18-12/h2-7,9,11H,8,10H2,1H3,(H,19,22)/t11-/m0/s1. The van der Waals surface area contributed by atoms with Gasteiger partial charge in [-0.3, -0.25) is 14.0 Å². The third kappa shape index (κ3) is 2.56. The van der Waals surface area contributed by atoms with E-state index in [0.717, 1.165) is 11.4 Å². The van der Waals surface area contributed by atoms with Gasteiger partial charge in [-0.15, -0.1) is 11.3 Å². The third-order valence-corrected chi connectivity index (χ3v) is 4.95. The Balaban J connectivity index is 1.76. The molecule has 122 valence electrons. The van der Waals surface area contributed by atoms with Gasteiger partial charge in [0.25, 0.3) is 5.56 Å². The van der Waals surface area contributed by atoms with E-state index >= 15 is 0 Å². The van der Waals surface area contributed by atoms with Crippen molar-refractivity contribution in [2.45, 2.75) is 25.9 Å². The predicted octanol–water partition coefficient (Wildman–Crippen LogP) is 2.49. The Morgan fingerprint density at radius 2 is 2.17 bits per heavy atom. The van der Waals surface area contributed by atoms with E-state index in [1.165, 1.54) is 11.3 Å². The minimum absolute atomic E-state index is 0.000752. The summed E-state index contributed by atoms with van der Waals surface area (Å²) in [5, 5.41) is 4.79. The lowest BCUT2D eigenvalue weighted by atomic mass is 10.1. The minimum Gasteiger partial charge on any atom is -0.361 e. The molecule has 0 aliphatic carbocycles. The summed E-state index contributed by atoms with van der Waals surface area (Å²) in [6, 6.07) is 9.29. The molecule has 4 rings (SSSR count). The van der Waals surface area contributed by atoms with E-state index in [2.05, 4.69) is 15.2 Å². The molecule has 0 bridgehead atoms. The van der Waals surface area contributed by atoms with Crippen LogP contribution in [0, 0.1) is 0 Å². The van der Waals surface area contributed by atoms with Crippen molar-refractivity contribution < 1.29 is 4.79 Å². The number of hydrogen-bond donors (Lipinski definition) is 1. The number of thiazole rings is 1. The molecule has 0 radical (unpaired) electrons. The highest BCUT2D eigenvalue weighted by Crippen LogP contribution is 2.32. The molecule has 1 amide bonds. The van der Waals surface area contributed by atoms with E-state index in [1.807, 2.05) is 36.6 Å². The van der Waals surface area contributed by atoms with Crippen LogP contribution in [0.1, 0.15) is 19.0 Å². The second-order valence-corrected chi connectivity index (χ2v) is 6.76. The average molecular weight is 340 g/mol. The first-order chi connectivity index (χ1) is 11.6. The number of para-hydroxylation sites is 2. The van der Waals surface area contributed by atoms with Gasteiger partial charge in [0.2, 0.25) is 5.91 Å². The van der Waals surface area contributed by atoms with Gasteiger partial charge in [-0.05, 0) is 19.1 Å². The summed E-state index contributed by atoms with van der Waals surface area (Å²) < 4.78 is 1.54. The smallest absolute Gasteiger partial charge is 0.258 e. The molecule has 1 N–H and O–H groups in total. The molecule has 1 aromatic carbocycles. The van der Waals surface area contributed by atoms with Crippen molar-refractivity contribution in [3.8, 4) is 0 Å². The molecule has 1 aliphatic rings. The fraction of sp³-hybridized carbons (Fsp3) is 0.235. The van der Waals surface area contributed by atoms with Crippen LogP contribution in [0.5, 0.6) is 0 Å². The average Bonchev–Trinajstić information content (AvgIpc) is 2.98. The first-order valence-electron chi connectivity index (χ1n) is 7.73. The number of fused-ring (bicyclic) bond motifs is 2. The van der Waals surface area contributed by atoms with E-state index in [-0.39, 0.29) is 17.5 Å². The van der Waals surface area contributed by atoms with Gasteiger partial charge >= 0.3 is 0 Å².